The van der Waals surface area contributed by atoms with Crippen LogP contribution in [0.5, 0.6) is 0 Å². The molecule has 1 rings (SSSR count). The van der Waals surface area contributed by atoms with Crippen molar-refractivity contribution in [3.63, 3.8) is 0 Å². The molecule has 0 saturated carbocycles. The van der Waals surface area contributed by atoms with Gasteiger partial charge in [0.05, 0.1) is 0 Å². The summed E-state index contributed by atoms with van der Waals surface area (Å²) >= 11 is 0. The second-order valence-corrected chi connectivity index (χ2v) is 4.36. The van der Waals surface area contributed by atoms with Crippen molar-refractivity contribution in [2.24, 2.45) is 0 Å². The quantitative estimate of drug-likeness (QED) is 0.747. The van der Waals surface area contributed by atoms with Gasteiger partial charge >= 0.3 is 13.8 Å². The molecule has 0 spiro atoms. The number of rotatable bonds is 3. The molecule has 0 aliphatic heterocycles. The zero-order chi connectivity index (χ0) is 9.84. The van der Waals surface area contributed by atoms with Gasteiger partial charge in [0.2, 0.25) is 6.16 Å². The van der Waals surface area contributed by atoms with E-state index in [1.54, 1.807) is 12.1 Å². The van der Waals surface area contributed by atoms with Gasteiger partial charge in [-0.05, 0) is 19.1 Å². The molecule has 68 valence electrons. The minimum Gasteiger partial charge on any atom is -0.478 e. The molecular weight excluding hydrogens is 187 g/mol. The predicted molar refractivity (Wildman–Crippen MR) is 50.9 cm³/mol. The minimum atomic E-state index is -1.78. The number of carbonyl (C=O) groups is 1. The molecule has 0 aromatic heterocycles. The van der Waals surface area contributed by atoms with Crippen molar-refractivity contribution in [2.45, 2.75) is 6.92 Å². The highest BCUT2D eigenvalue weighted by Gasteiger charge is 2.22. The molecule has 1 N–H and O–H groups in total. The number of hydrogen-bond acceptors (Lipinski definition) is 2. The van der Waals surface area contributed by atoms with Crippen LogP contribution in [-0.4, -0.2) is 17.2 Å². The standard InChI is InChI=1S/C9H9O3P/c1-7-2-4-8(5-3-7)13(12)6-9(10)11/h2-5H,6H2,1H3/p+1. The summed E-state index contributed by atoms with van der Waals surface area (Å²) in [5.41, 5.74) is 1.07. The molecule has 4 heteroatoms. The molecule has 0 radical (unpaired) electrons. The van der Waals surface area contributed by atoms with Crippen molar-refractivity contribution in [1.29, 1.82) is 0 Å². The molecule has 0 amide bonds. The van der Waals surface area contributed by atoms with E-state index in [-0.39, 0.29) is 6.16 Å². The Labute approximate surface area is 77.2 Å². The zero-order valence-corrected chi connectivity index (χ0v) is 8.12. The highest BCUT2D eigenvalue weighted by molar-refractivity contribution is 7.54. The summed E-state index contributed by atoms with van der Waals surface area (Å²) in [6, 6.07) is 7.06. The van der Waals surface area contributed by atoms with E-state index in [4.69, 9.17) is 5.11 Å². The van der Waals surface area contributed by atoms with Crippen LogP contribution < -0.4 is 5.30 Å². The minimum absolute atomic E-state index is 0.293. The third kappa shape index (κ3) is 2.96. The van der Waals surface area contributed by atoms with Gasteiger partial charge in [-0.15, -0.1) is 0 Å². The SMILES string of the molecule is Cc1ccc([P+](=O)CC(=O)O)cc1. The molecule has 1 atom stereocenters. The molecule has 0 fully saturated rings. The number of aliphatic carboxylic acids is 1. The van der Waals surface area contributed by atoms with Gasteiger partial charge in [0, 0.05) is 0 Å². The Kier molecular flexibility index (Phi) is 3.15. The lowest BCUT2D eigenvalue weighted by molar-refractivity contribution is -0.134. The maximum atomic E-state index is 11.3. The summed E-state index contributed by atoms with van der Waals surface area (Å²) in [6.45, 7) is 1.92. The topological polar surface area (TPSA) is 54.4 Å². The van der Waals surface area contributed by atoms with E-state index in [9.17, 15) is 9.36 Å². The van der Waals surface area contributed by atoms with Crippen molar-refractivity contribution in [2.75, 3.05) is 6.16 Å². The van der Waals surface area contributed by atoms with E-state index in [0.717, 1.165) is 5.56 Å². The molecule has 0 saturated heterocycles. The van der Waals surface area contributed by atoms with Gasteiger partial charge in [0.1, 0.15) is 0 Å². The van der Waals surface area contributed by atoms with Crippen LogP contribution in [0.3, 0.4) is 0 Å². The highest BCUT2D eigenvalue weighted by atomic mass is 31.1. The van der Waals surface area contributed by atoms with E-state index in [2.05, 4.69) is 0 Å². The molecule has 0 aliphatic rings. The van der Waals surface area contributed by atoms with Crippen molar-refractivity contribution >= 4 is 19.1 Å². The molecule has 0 bridgehead atoms. The molecule has 1 unspecified atom stereocenters. The van der Waals surface area contributed by atoms with E-state index in [1.165, 1.54) is 0 Å². The average molecular weight is 197 g/mol. The Hall–Kier alpha value is -1.21. The Morgan fingerprint density at radius 2 is 1.92 bits per heavy atom. The highest BCUT2D eigenvalue weighted by Crippen LogP contribution is 2.18. The maximum absolute atomic E-state index is 11.3. The van der Waals surface area contributed by atoms with Crippen LogP contribution >= 0.6 is 7.80 Å². The second-order valence-electron chi connectivity index (χ2n) is 2.77. The summed E-state index contributed by atoms with van der Waals surface area (Å²) in [7, 11) is -1.78. The van der Waals surface area contributed by atoms with Crippen LogP contribution in [0, 0.1) is 6.92 Å². The Morgan fingerprint density at radius 3 is 2.38 bits per heavy atom. The first-order valence-electron chi connectivity index (χ1n) is 3.83. The smallest absolute Gasteiger partial charge is 0.388 e. The zero-order valence-electron chi connectivity index (χ0n) is 7.23. The molecular formula is C9H10O3P+. The lowest BCUT2D eigenvalue weighted by atomic mass is 10.2. The summed E-state index contributed by atoms with van der Waals surface area (Å²) in [6.07, 6.45) is -0.293. The Balaban J connectivity index is 2.78. The fourth-order valence-electron chi connectivity index (χ4n) is 0.925. The second kappa shape index (κ2) is 4.15. The summed E-state index contributed by atoms with van der Waals surface area (Å²) < 4.78 is 11.3. The van der Waals surface area contributed by atoms with Crippen molar-refractivity contribution < 1.29 is 14.5 Å². The maximum Gasteiger partial charge on any atom is 0.388 e. The van der Waals surface area contributed by atoms with Crippen LogP contribution in [0.1, 0.15) is 5.56 Å². The summed E-state index contributed by atoms with van der Waals surface area (Å²) in [4.78, 5) is 10.3. The largest absolute Gasteiger partial charge is 0.478 e. The molecule has 3 nitrogen and oxygen atoms in total. The average Bonchev–Trinajstić information content (AvgIpc) is 2.04. The molecule has 1 aromatic rings. The van der Waals surface area contributed by atoms with E-state index >= 15 is 0 Å². The first kappa shape index (κ1) is 9.87. The summed E-state index contributed by atoms with van der Waals surface area (Å²) in [5, 5.41) is 9.02. The predicted octanol–water partition coefficient (Wildman–Crippen LogP) is 1.53. The third-order valence-electron chi connectivity index (χ3n) is 1.60. The first-order chi connectivity index (χ1) is 6.09. The van der Waals surface area contributed by atoms with E-state index in [1.807, 2.05) is 19.1 Å². The van der Waals surface area contributed by atoms with Gasteiger partial charge in [-0.25, -0.2) is 4.79 Å². The van der Waals surface area contributed by atoms with Gasteiger partial charge in [0.25, 0.3) is 0 Å². The summed E-state index contributed by atoms with van der Waals surface area (Å²) in [5.74, 6) is -1.03. The van der Waals surface area contributed by atoms with Gasteiger partial charge in [-0.1, -0.05) is 22.3 Å². The van der Waals surface area contributed by atoms with Gasteiger partial charge in [-0.3, -0.25) is 0 Å². The van der Waals surface area contributed by atoms with Crippen LogP contribution in [-0.2, 0) is 9.36 Å². The van der Waals surface area contributed by atoms with Gasteiger partial charge in [0.15, 0.2) is 5.30 Å². The van der Waals surface area contributed by atoms with E-state index in [0.29, 0.717) is 5.30 Å². The lowest BCUT2D eigenvalue weighted by Crippen LogP contribution is -2.05. The van der Waals surface area contributed by atoms with Crippen LogP contribution in [0.2, 0.25) is 0 Å². The number of hydrogen-bond donors (Lipinski definition) is 1. The first-order valence-corrected chi connectivity index (χ1v) is 5.27. The third-order valence-corrected chi connectivity index (χ3v) is 3.03. The van der Waals surface area contributed by atoms with Crippen LogP contribution in [0.15, 0.2) is 24.3 Å². The Bertz CT molecular complexity index is 329. The van der Waals surface area contributed by atoms with Crippen molar-refractivity contribution in [3.8, 4) is 0 Å². The number of benzene rings is 1. The number of carboxylic acid groups (broad SMARTS) is 1. The van der Waals surface area contributed by atoms with Gasteiger partial charge < -0.3 is 5.11 Å². The molecule has 0 aliphatic carbocycles. The fourth-order valence-corrected chi connectivity index (χ4v) is 1.84. The normalized spacial score (nSPS) is 11.0. The Morgan fingerprint density at radius 1 is 1.38 bits per heavy atom. The van der Waals surface area contributed by atoms with Crippen LogP contribution in [0.25, 0.3) is 0 Å². The number of carboxylic acids is 1. The number of aryl methyl sites for hydroxylation is 1. The molecule has 0 heterocycles. The van der Waals surface area contributed by atoms with Crippen molar-refractivity contribution in [3.05, 3.63) is 29.8 Å². The monoisotopic (exact) mass is 197 g/mol. The molecule has 1 aromatic carbocycles. The molecule has 13 heavy (non-hydrogen) atoms. The van der Waals surface area contributed by atoms with Gasteiger partial charge in [-0.2, -0.15) is 0 Å². The van der Waals surface area contributed by atoms with Crippen LogP contribution in [0.4, 0.5) is 0 Å². The lowest BCUT2D eigenvalue weighted by Gasteiger charge is -1.89. The van der Waals surface area contributed by atoms with E-state index < -0.39 is 13.8 Å². The van der Waals surface area contributed by atoms with Crippen molar-refractivity contribution in [1.82, 2.24) is 0 Å². The fraction of sp³-hybridized carbons (Fsp3) is 0.222.